The third-order valence-electron chi connectivity index (χ3n) is 4.54. The summed E-state index contributed by atoms with van der Waals surface area (Å²) in [6.07, 6.45) is 2.58. The summed E-state index contributed by atoms with van der Waals surface area (Å²) in [7, 11) is 2.23. The molecule has 1 aromatic rings. The van der Waals surface area contributed by atoms with Gasteiger partial charge in [-0.1, -0.05) is 18.2 Å². The summed E-state index contributed by atoms with van der Waals surface area (Å²) in [6.45, 7) is 6.88. The molecule has 0 bridgehead atoms. The first-order chi connectivity index (χ1) is 9.24. The lowest BCUT2D eigenvalue weighted by Crippen LogP contribution is -2.47. The summed E-state index contributed by atoms with van der Waals surface area (Å²) in [5.41, 5.74) is 2.90. The summed E-state index contributed by atoms with van der Waals surface area (Å²) in [5, 5.41) is 3.63. The molecule has 3 heteroatoms. The van der Waals surface area contributed by atoms with Crippen LogP contribution in [0.3, 0.4) is 0 Å². The minimum absolute atomic E-state index is 0.562. The number of nitrogens with zero attached hydrogens (tertiary/aromatic N) is 2. The maximum absolute atomic E-state index is 3.63. The smallest absolute Gasteiger partial charge is 0.0414 e. The average molecular weight is 259 g/mol. The van der Waals surface area contributed by atoms with E-state index >= 15 is 0 Å². The fourth-order valence-corrected chi connectivity index (χ4v) is 3.34. The second kappa shape index (κ2) is 5.51. The van der Waals surface area contributed by atoms with Crippen molar-refractivity contribution >= 4 is 5.69 Å². The molecule has 2 aliphatic rings. The van der Waals surface area contributed by atoms with E-state index in [0.29, 0.717) is 12.1 Å². The van der Waals surface area contributed by atoms with E-state index in [9.17, 15) is 0 Å². The normalized spacial score (nSPS) is 26.0. The van der Waals surface area contributed by atoms with Crippen LogP contribution >= 0.6 is 0 Å². The Labute approximate surface area is 116 Å². The predicted molar refractivity (Wildman–Crippen MR) is 80.6 cm³/mol. The van der Waals surface area contributed by atoms with Crippen LogP contribution in [0, 0.1) is 0 Å². The number of anilines is 1. The van der Waals surface area contributed by atoms with Crippen molar-refractivity contribution in [1.82, 2.24) is 10.2 Å². The highest BCUT2D eigenvalue weighted by molar-refractivity contribution is 5.55. The van der Waals surface area contributed by atoms with Crippen LogP contribution in [-0.2, 0) is 6.54 Å². The Bertz CT molecular complexity index is 424. The molecule has 1 unspecified atom stereocenters. The molecule has 0 aliphatic carbocycles. The molecule has 0 radical (unpaired) electrons. The van der Waals surface area contributed by atoms with Crippen molar-refractivity contribution in [2.75, 3.05) is 31.6 Å². The van der Waals surface area contributed by atoms with Crippen LogP contribution < -0.4 is 10.2 Å². The van der Waals surface area contributed by atoms with E-state index in [1.165, 1.54) is 37.2 Å². The molecular formula is C16H25N3. The minimum atomic E-state index is 0.562. The van der Waals surface area contributed by atoms with E-state index in [-0.39, 0.29) is 0 Å². The third kappa shape index (κ3) is 2.77. The quantitative estimate of drug-likeness (QED) is 0.833. The molecule has 2 aliphatic heterocycles. The van der Waals surface area contributed by atoms with Gasteiger partial charge in [0.15, 0.2) is 0 Å². The number of para-hydroxylation sites is 1. The van der Waals surface area contributed by atoms with Gasteiger partial charge in [0, 0.05) is 30.9 Å². The zero-order valence-corrected chi connectivity index (χ0v) is 12.1. The van der Waals surface area contributed by atoms with E-state index in [1.807, 2.05) is 0 Å². The number of hydrogen-bond acceptors (Lipinski definition) is 3. The lowest BCUT2D eigenvalue weighted by Gasteiger charge is -2.39. The van der Waals surface area contributed by atoms with Crippen LogP contribution in [0.15, 0.2) is 24.3 Å². The standard InChI is InChI=1S/C16H25N3/c1-13-12-19(15-7-9-18(2)10-8-15)16-6-4-3-5-14(16)11-17-13/h3-6,13,15,17H,7-12H2,1-2H3. The van der Waals surface area contributed by atoms with Crippen molar-refractivity contribution in [2.24, 2.45) is 0 Å². The average Bonchev–Trinajstić information content (AvgIpc) is 2.60. The molecule has 2 heterocycles. The van der Waals surface area contributed by atoms with E-state index < -0.39 is 0 Å². The molecule has 19 heavy (non-hydrogen) atoms. The van der Waals surface area contributed by atoms with Gasteiger partial charge in [-0.25, -0.2) is 0 Å². The fourth-order valence-electron chi connectivity index (χ4n) is 3.34. The van der Waals surface area contributed by atoms with Crippen LogP contribution in [0.5, 0.6) is 0 Å². The van der Waals surface area contributed by atoms with Gasteiger partial charge in [-0.2, -0.15) is 0 Å². The first kappa shape index (κ1) is 12.9. The predicted octanol–water partition coefficient (Wildman–Crippen LogP) is 2.08. The number of benzene rings is 1. The van der Waals surface area contributed by atoms with Gasteiger partial charge in [-0.3, -0.25) is 0 Å². The van der Waals surface area contributed by atoms with Crippen LogP contribution in [0.1, 0.15) is 25.3 Å². The highest BCUT2D eigenvalue weighted by Crippen LogP contribution is 2.28. The summed E-state index contributed by atoms with van der Waals surface area (Å²) in [4.78, 5) is 5.11. The third-order valence-corrected chi connectivity index (χ3v) is 4.54. The summed E-state index contributed by atoms with van der Waals surface area (Å²) >= 11 is 0. The first-order valence-corrected chi connectivity index (χ1v) is 7.50. The van der Waals surface area contributed by atoms with Crippen molar-refractivity contribution in [1.29, 1.82) is 0 Å². The molecule has 0 saturated carbocycles. The molecule has 3 nitrogen and oxygen atoms in total. The van der Waals surface area contributed by atoms with E-state index in [0.717, 1.165) is 13.1 Å². The van der Waals surface area contributed by atoms with Crippen molar-refractivity contribution in [3.63, 3.8) is 0 Å². The number of piperidine rings is 1. The van der Waals surface area contributed by atoms with E-state index in [1.54, 1.807) is 0 Å². The molecule has 1 atom stereocenters. The van der Waals surface area contributed by atoms with E-state index in [4.69, 9.17) is 0 Å². The largest absolute Gasteiger partial charge is 0.367 e. The van der Waals surface area contributed by atoms with Gasteiger partial charge in [0.1, 0.15) is 0 Å². The number of rotatable bonds is 1. The number of likely N-dealkylation sites (tertiary alicyclic amines) is 1. The molecule has 0 spiro atoms. The molecule has 0 aromatic heterocycles. The molecule has 1 fully saturated rings. The van der Waals surface area contributed by atoms with Gasteiger partial charge < -0.3 is 15.1 Å². The Hall–Kier alpha value is -1.06. The highest BCUT2D eigenvalue weighted by Gasteiger charge is 2.27. The topological polar surface area (TPSA) is 18.5 Å². The summed E-state index contributed by atoms with van der Waals surface area (Å²) < 4.78 is 0. The molecule has 3 rings (SSSR count). The van der Waals surface area contributed by atoms with Crippen LogP contribution in [0.2, 0.25) is 0 Å². The van der Waals surface area contributed by atoms with Crippen LogP contribution in [0.25, 0.3) is 0 Å². The fraction of sp³-hybridized carbons (Fsp3) is 0.625. The zero-order chi connectivity index (χ0) is 13.2. The van der Waals surface area contributed by atoms with E-state index in [2.05, 4.69) is 53.4 Å². The van der Waals surface area contributed by atoms with Gasteiger partial charge in [0.25, 0.3) is 0 Å². The summed E-state index contributed by atoms with van der Waals surface area (Å²) in [5.74, 6) is 0. The molecule has 1 N–H and O–H groups in total. The number of nitrogens with one attached hydrogen (secondary N) is 1. The Morgan fingerprint density at radius 2 is 1.89 bits per heavy atom. The van der Waals surface area contributed by atoms with Crippen LogP contribution in [0.4, 0.5) is 5.69 Å². The second-order valence-electron chi connectivity index (χ2n) is 6.10. The van der Waals surface area contributed by atoms with Gasteiger partial charge in [0.2, 0.25) is 0 Å². The van der Waals surface area contributed by atoms with Gasteiger partial charge in [-0.15, -0.1) is 0 Å². The summed E-state index contributed by atoms with van der Waals surface area (Å²) in [6, 6.07) is 10.2. The van der Waals surface area contributed by atoms with Crippen molar-refractivity contribution in [3.05, 3.63) is 29.8 Å². The van der Waals surface area contributed by atoms with Gasteiger partial charge >= 0.3 is 0 Å². The second-order valence-corrected chi connectivity index (χ2v) is 6.10. The number of fused-ring (bicyclic) bond motifs is 1. The molecule has 104 valence electrons. The maximum atomic E-state index is 3.63. The number of hydrogen-bond donors (Lipinski definition) is 1. The van der Waals surface area contributed by atoms with Crippen LogP contribution in [-0.4, -0.2) is 43.7 Å². The lowest BCUT2D eigenvalue weighted by molar-refractivity contribution is 0.248. The van der Waals surface area contributed by atoms with Gasteiger partial charge in [0.05, 0.1) is 0 Å². The Morgan fingerprint density at radius 1 is 1.16 bits per heavy atom. The molecule has 1 aromatic carbocycles. The first-order valence-electron chi connectivity index (χ1n) is 7.50. The Balaban J connectivity index is 1.86. The maximum Gasteiger partial charge on any atom is 0.0414 e. The van der Waals surface area contributed by atoms with Crippen molar-refractivity contribution in [3.8, 4) is 0 Å². The Kier molecular flexibility index (Phi) is 3.76. The molecule has 1 saturated heterocycles. The van der Waals surface area contributed by atoms with Gasteiger partial charge in [-0.05, 0) is 51.5 Å². The highest BCUT2D eigenvalue weighted by atomic mass is 15.2. The van der Waals surface area contributed by atoms with Crippen molar-refractivity contribution < 1.29 is 0 Å². The zero-order valence-electron chi connectivity index (χ0n) is 12.1. The van der Waals surface area contributed by atoms with Crippen molar-refractivity contribution in [2.45, 2.75) is 38.4 Å². The lowest BCUT2D eigenvalue weighted by atomic mass is 10.0. The molecular weight excluding hydrogens is 234 g/mol. The Morgan fingerprint density at radius 3 is 2.68 bits per heavy atom. The minimum Gasteiger partial charge on any atom is -0.367 e. The molecule has 0 amide bonds. The monoisotopic (exact) mass is 259 g/mol. The SMILES string of the molecule is CC1CN(C2CCN(C)CC2)c2ccccc2CN1.